The maximum Gasteiger partial charge on any atom is 0.296 e. The van der Waals surface area contributed by atoms with Gasteiger partial charge >= 0.3 is 0 Å². The van der Waals surface area contributed by atoms with Crippen LogP contribution < -0.4 is 5.32 Å². The molecule has 2 atom stereocenters. The fourth-order valence-electron chi connectivity index (χ4n) is 2.82. The summed E-state index contributed by atoms with van der Waals surface area (Å²) in [4.78, 5) is 14.1. The van der Waals surface area contributed by atoms with Crippen molar-refractivity contribution >= 4 is 5.91 Å². The molecule has 1 fully saturated rings. The van der Waals surface area contributed by atoms with Gasteiger partial charge < -0.3 is 10.1 Å². The molecule has 1 N–H and O–H groups in total. The summed E-state index contributed by atoms with van der Waals surface area (Å²) in [6.07, 6.45) is 2.67. The minimum atomic E-state index is -0.206. The van der Waals surface area contributed by atoms with Crippen LogP contribution >= 0.6 is 0 Å². The Bertz CT molecular complexity index is 537. The van der Waals surface area contributed by atoms with E-state index in [1.54, 1.807) is 0 Å². The summed E-state index contributed by atoms with van der Waals surface area (Å²) in [6.45, 7) is 7.97. The van der Waals surface area contributed by atoms with Crippen molar-refractivity contribution in [1.82, 2.24) is 10.2 Å². The lowest BCUT2D eigenvalue weighted by molar-refractivity contribution is -0.115. The molecule has 4 heteroatoms. The van der Waals surface area contributed by atoms with E-state index in [0.29, 0.717) is 18.8 Å². The number of carbonyl (C=O) groups excluding carboxylic acids is 1. The van der Waals surface area contributed by atoms with E-state index in [0.717, 1.165) is 38.0 Å². The second-order valence-corrected chi connectivity index (χ2v) is 6.10. The molecule has 1 amide bonds. The first-order chi connectivity index (χ1) is 11.1. The highest BCUT2D eigenvalue weighted by molar-refractivity contribution is 5.94. The smallest absolute Gasteiger partial charge is 0.296 e. The Hall–Kier alpha value is -1.83. The van der Waals surface area contributed by atoms with Gasteiger partial charge in [-0.05, 0) is 45.4 Å². The van der Waals surface area contributed by atoms with Crippen LogP contribution in [0.1, 0.15) is 32.3 Å². The molecular formula is C19H26N2O2. The van der Waals surface area contributed by atoms with Crippen LogP contribution in [0, 0.1) is 11.8 Å². The zero-order chi connectivity index (χ0) is 16.5. The second-order valence-electron chi connectivity index (χ2n) is 6.10. The molecule has 0 spiro atoms. The quantitative estimate of drug-likeness (QED) is 0.668. The predicted octanol–water partition coefficient (Wildman–Crippen LogP) is 2.04. The highest BCUT2D eigenvalue weighted by Crippen LogP contribution is 2.11. The maximum absolute atomic E-state index is 11.7. The van der Waals surface area contributed by atoms with E-state index in [2.05, 4.69) is 35.9 Å². The van der Waals surface area contributed by atoms with Gasteiger partial charge in [0, 0.05) is 31.1 Å². The molecule has 0 radical (unpaired) electrons. The minimum Gasteiger partial charge on any atom is -0.373 e. The number of morpholine rings is 1. The van der Waals surface area contributed by atoms with Gasteiger partial charge in [0.2, 0.25) is 0 Å². The van der Waals surface area contributed by atoms with Crippen LogP contribution in [0.15, 0.2) is 30.3 Å². The van der Waals surface area contributed by atoms with Crippen LogP contribution in [-0.4, -0.2) is 49.2 Å². The fraction of sp³-hybridized carbons (Fsp3) is 0.526. The average Bonchev–Trinajstić information content (AvgIpc) is 2.53. The Balaban J connectivity index is 1.58. The largest absolute Gasteiger partial charge is 0.373 e. The van der Waals surface area contributed by atoms with Crippen molar-refractivity contribution in [3.8, 4) is 11.8 Å². The summed E-state index contributed by atoms with van der Waals surface area (Å²) < 4.78 is 5.72. The predicted molar refractivity (Wildman–Crippen MR) is 92.0 cm³/mol. The number of ether oxygens (including phenoxy) is 1. The van der Waals surface area contributed by atoms with E-state index in [1.807, 2.05) is 30.3 Å². The summed E-state index contributed by atoms with van der Waals surface area (Å²) in [5.41, 5.74) is 0.859. The molecule has 0 aliphatic carbocycles. The topological polar surface area (TPSA) is 41.6 Å². The fourth-order valence-corrected chi connectivity index (χ4v) is 2.82. The Morgan fingerprint density at radius 3 is 2.61 bits per heavy atom. The van der Waals surface area contributed by atoms with E-state index < -0.39 is 0 Å². The van der Waals surface area contributed by atoms with Gasteiger partial charge in [-0.1, -0.05) is 24.1 Å². The molecule has 2 rings (SSSR count). The third kappa shape index (κ3) is 6.85. The molecule has 0 bridgehead atoms. The minimum absolute atomic E-state index is 0.206. The van der Waals surface area contributed by atoms with Crippen molar-refractivity contribution in [1.29, 1.82) is 0 Å². The molecule has 0 saturated carbocycles. The molecule has 1 saturated heterocycles. The van der Waals surface area contributed by atoms with Gasteiger partial charge in [0.1, 0.15) is 0 Å². The number of nitrogens with one attached hydrogen (secondary N) is 1. The van der Waals surface area contributed by atoms with Crippen molar-refractivity contribution < 1.29 is 9.53 Å². The summed E-state index contributed by atoms with van der Waals surface area (Å²) in [7, 11) is 0. The molecule has 1 aliphatic heterocycles. The van der Waals surface area contributed by atoms with E-state index in [4.69, 9.17) is 4.74 Å². The molecule has 124 valence electrons. The van der Waals surface area contributed by atoms with Crippen LogP contribution in [0.3, 0.4) is 0 Å². The number of rotatable bonds is 5. The molecule has 0 aromatic heterocycles. The number of hydrogen-bond donors (Lipinski definition) is 1. The van der Waals surface area contributed by atoms with Gasteiger partial charge in [0.15, 0.2) is 0 Å². The van der Waals surface area contributed by atoms with Crippen molar-refractivity contribution in [3.63, 3.8) is 0 Å². The van der Waals surface area contributed by atoms with Crippen LogP contribution in [0.5, 0.6) is 0 Å². The monoisotopic (exact) mass is 314 g/mol. The second kappa shape index (κ2) is 9.34. The number of unbranched alkanes of at least 4 members (excludes halogenated alkanes) is 1. The average molecular weight is 314 g/mol. The van der Waals surface area contributed by atoms with Gasteiger partial charge in [-0.25, -0.2) is 0 Å². The molecule has 4 nitrogen and oxygen atoms in total. The van der Waals surface area contributed by atoms with Crippen LogP contribution in [0.25, 0.3) is 0 Å². The molecule has 1 aromatic carbocycles. The Labute approximate surface area is 139 Å². The molecule has 1 heterocycles. The lowest BCUT2D eigenvalue weighted by Crippen LogP contribution is -2.45. The summed E-state index contributed by atoms with van der Waals surface area (Å²) in [6, 6.07) is 9.54. The lowest BCUT2D eigenvalue weighted by atomic mass is 10.2. The van der Waals surface area contributed by atoms with E-state index in [9.17, 15) is 4.79 Å². The SMILES string of the molecule is CC1CN(CCCCNC(=O)C#Cc2ccccc2)CC(C)O1. The Kier molecular flexibility index (Phi) is 7.12. The maximum atomic E-state index is 11.7. The molecule has 2 unspecified atom stereocenters. The molecule has 23 heavy (non-hydrogen) atoms. The van der Waals surface area contributed by atoms with Gasteiger partial charge in [0.05, 0.1) is 12.2 Å². The molecular weight excluding hydrogens is 288 g/mol. The third-order valence-corrected chi connectivity index (χ3v) is 3.78. The number of benzene rings is 1. The highest BCUT2D eigenvalue weighted by Gasteiger charge is 2.21. The van der Waals surface area contributed by atoms with Crippen LogP contribution in [-0.2, 0) is 9.53 Å². The first-order valence-electron chi connectivity index (χ1n) is 8.36. The zero-order valence-corrected chi connectivity index (χ0v) is 14.0. The van der Waals surface area contributed by atoms with Gasteiger partial charge in [-0.3, -0.25) is 9.69 Å². The van der Waals surface area contributed by atoms with Crippen molar-refractivity contribution in [2.24, 2.45) is 0 Å². The van der Waals surface area contributed by atoms with E-state index in [1.165, 1.54) is 0 Å². The standard InChI is InChI=1S/C19H26N2O2/c1-16-14-21(15-17(2)23-16)13-7-6-12-20-19(22)11-10-18-8-4-3-5-9-18/h3-5,8-9,16-17H,6-7,12-15H2,1-2H3,(H,20,22). The Morgan fingerprint density at radius 1 is 1.22 bits per heavy atom. The van der Waals surface area contributed by atoms with E-state index >= 15 is 0 Å². The molecule has 1 aromatic rings. The van der Waals surface area contributed by atoms with Gasteiger partial charge in [-0.15, -0.1) is 0 Å². The summed E-state index contributed by atoms with van der Waals surface area (Å²) >= 11 is 0. The van der Waals surface area contributed by atoms with Crippen LogP contribution in [0.2, 0.25) is 0 Å². The highest BCUT2D eigenvalue weighted by atomic mass is 16.5. The first-order valence-corrected chi connectivity index (χ1v) is 8.36. The summed E-state index contributed by atoms with van der Waals surface area (Å²) in [5, 5.41) is 2.85. The lowest BCUT2D eigenvalue weighted by Gasteiger charge is -2.35. The Morgan fingerprint density at radius 2 is 1.91 bits per heavy atom. The van der Waals surface area contributed by atoms with Gasteiger partial charge in [-0.2, -0.15) is 0 Å². The number of hydrogen-bond acceptors (Lipinski definition) is 3. The van der Waals surface area contributed by atoms with Gasteiger partial charge in [0.25, 0.3) is 5.91 Å². The van der Waals surface area contributed by atoms with Crippen molar-refractivity contribution in [3.05, 3.63) is 35.9 Å². The number of carbonyl (C=O) groups is 1. The normalized spacial score (nSPS) is 21.3. The van der Waals surface area contributed by atoms with E-state index in [-0.39, 0.29) is 5.91 Å². The number of nitrogens with zero attached hydrogens (tertiary/aromatic N) is 1. The van der Waals surface area contributed by atoms with Crippen LogP contribution in [0.4, 0.5) is 0 Å². The third-order valence-electron chi connectivity index (χ3n) is 3.78. The molecule has 1 aliphatic rings. The van der Waals surface area contributed by atoms with Crippen molar-refractivity contribution in [2.45, 2.75) is 38.9 Å². The van der Waals surface area contributed by atoms with Crippen molar-refractivity contribution in [2.75, 3.05) is 26.2 Å². The first kappa shape index (κ1) is 17.5. The number of amides is 1. The summed E-state index contributed by atoms with van der Waals surface area (Å²) in [5.74, 6) is 5.28. The zero-order valence-electron chi connectivity index (χ0n) is 14.0.